The predicted octanol–water partition coefficient (Wildman–Crippen LogP) is 0.403. The van der Waals surface area contributed by atoms with Gasteiger partial charge < -0.3 is 26.2 Å². The molecule has 5 rings (SSSR count). The molecule has 12 heteroatoms. The SMILES string of the molecule is NC(N)=NC1CC(C(=O)c2nccs2)N(C(=O)C2CCC3CN(C(=O)CCc4ccccc4)CC(=O)N32)C1. The number of rotatable bonds is 7. The summed E-state index contributed by atoms with van der Waals surface area (Å²) in [7, 11) is 0. The number of guanidine groups is 1. The topological polar surface area (TPSA) is 155 Å². The van der Waals surface area contributed by atoms with Crippen LogP contribution < -0.4 is 11.5 Å². The lowest BCUT2D eigenvalue weighted by Crippen LogP contribution is -2.60. The quantitative estimate of drug-likeness (QED) is 0.294. The van der Waals surface area contributed by atoms with Crippen molar-refractivity contribution in [3.8, 4) is 0 Å². The Morgan fingerprint density at radius 2 is 1.87 bits per heavy atom. The van der Waals surface area contributed by atoms with Crippen LogP contribution in [0.1, 0.15) is 41.0 Å². The number of Topliss-reactive ketones (excluding diaryl/α,β-unsaturated/α-hetero) is 1. The second-order valence-electron chi connectivity index (χ2n) is 9.96. The molecule has 0 aliphatic carbocycles. The molecule has 3 aliphatic heterocycles. The van der Waals surface area contributed by atoms with Crippen LogP contribution in [-0.4, -0.2) is 92.9 Å². The van der Waals surface area contributed by atoms with E-state index in [1.54, 1.807) is 21.4 Å². The smallest absolute Gasteiger partial charge is 0.246 e. The third-order valence-electron chi connectivity index (χ3n) is 7.50. The number of piperazine rings is 1. The molecule has 3 aliphatic rings. The van der Waals surface area contributed by atoms with E-state index in [1.165, 1.54) is 16.2 Å². The highest BCUT2D eigenvalue weighted by atomic mass is 32.1. The van der Waals surface area contributed by atoms with Crippen molar-refractivity contribution in [2.75, 3.05) is 19.6 Å². The molecule has 4 atom stereocenters. The van der Waals surface area contributed by atoms with Crippen molar-refractivity contribution in [1.82, 2.24) is 19.7 Å². The van der Waals surface area contributed by atoms with Crippen LogP contribution >= 0.6 is 11.3 Å². The molecule has 4 heterocycles. The largest absolute Gasteiger partial charge is 0.370 e. The van der Waals surface area contributed by atoms with Gasteiger partial charge in [-0.25, -0.2) is 9.98 Å². The third-order valence-corrected chi connectivity index (χ3v) is 8.28. The molecule has 4 N–H and O–H groups in total. The van der Waals surface area contributed by atoms with Gasteiger partial charge >= 0.3 is 0 Å². The van der Waals surface area contributed by atoms with Crippen molar-refractivity contribution < 1.29 is 19.2 Å². The zero-order valence-electron chi connectivity index (χ0n) is 20.9. The molecule has 200 valence electrons. The van der Waals surface area contributed by atoms with E-state index in [2.05, 4.69) is 9.98 Å². The number of amides is 3. The summed E-state index contributed by atoms with van der Waals surface area (Å²) in [5.74, 6) is -0.948. The first-order valence-electron chi connectivity index (χ1n) is 12.8. The lowest BCUT2D eigenvalue weighted by Gasteiger charge is -2.40. The minimum Gasteiger partial charge on any atom is -0.370 e. The Morgan fingerprint density at radius 3 is 2.58 bits per heavy atom. The van der Waals surface area contributed by atoms with Crippen LogP contribution in [0, 0.1) is 0 Å². The molecule has 3 amide bonds. The molecule has 1 aromatic heterocycles. The van der Waals surface area contributed by atoms with E-state index in [9.17, 15) is 19.2 Å². The number of aromatic nitrogens is 1. The zero-order chi connectivity index (χ0) is 26.8. The van der Waals surface area contributed by atoms with Crippen LogP contribution in [0.4, 0.5) is 0 Å². The van der Waals surface area contributed by atoms with E-state index in [4.69, 9.17) is 11.5 Å². The molecular formula is C26H31N7O4S. The molecule has 0 radical (unpaired) electrons. The minimum absolute atomic E-state index is 0.0496. The zero-order valence-corrected chi connectivity index (χ0v) is 21.8. The Bertz CT molecular complexity index is 1230. The van der Waals surface area contributed by atoms with Crippen molar-refractivity contribution >= 4 is 40.8 Å². The summed E-state index contributed by atoms with van der Waals surface area (Å²) < 4.78 is 0. The first-order valence-corrected chi connectivity index (χ1v) is 13.7. The van der Waals surface area contributed by atoms with Crippen molar-refractivity contribution in [3.63, 3.8) is 0 Å². The summed E-state index contributed by atoms with van der Waals surface area (Å²) in [5.41, 5.74) is 12.2. The normalized spacial score (nSPS) is 24.8. The first kappa shape index (κ1) is 25.8. The van der Waals surface area contributed by atoms with Crippen molar-refractivity contribution in [2.45, 2.75) is 56.3 Å². The molecule has 3 fully saturated rings. The van der Waals surface area contributed by atoms with Crippen molar-refractivity contribution in [1.29, 1.82) is 0 Å². The summed E-state index contributed by atoms with van der Waals surface area (Å²) in [6.45, 7) is 0.541. The standard InChI is InChI=1S/C26H31N7O4S/c27-26(28)30-17-12-20(23(36)24-29-10-11-38-24)32(13-17)25(37)19-8-7-18-14-31(15-22(35)33(18)19)21(34)9-6-16-4-2-1-3-5-16/h1-5,10-11,17-20H,6-9,12-15H2,(H4,27,28,30). The number of aliphatic imine (C=N–C) groups is 1. The fourth-order valence-corrected chi connectivity index (χ4v) is 6.40. The van der Waals surface area contributed by atoms with Gasteiger partial charge in [0.1, 0.15) is 6.04 Å². The Hall–Kier alpha value is -3.80. The molecule has 1 aromatic carbocycles. The number of hydrogen-bond acceptors (Lipinski definition) is 7. The van der Waals surface area contributed by atoms with E-state index in [0.717, 1.165) is 5.56 Å². The Kier molecular flexibility index (Phi) is 7.41. The fraction of sp³-hybridized carbons (Fsp3) is 0.462. The first-order chi connectivity index (χ1) is 18.3. The van der Waals surface area contributed by atoms with Gasteiger partial charge in [-0.15, -0.1) is 11.3 Å². The number of hydrogen-bond donors (Lipinski definition) is 2. The number of thiazole rings is 1. The van der Waals surface area contributed by atoms with Gasteiger partial charge in [0.25, 0.3) is 0 Å². The number of nitrogens with zero attached hydrogens (tertiary/aromatic N) is 5. The van der Waals surface area contributed by atoms with Crippen LogP contribution in [0.15, 0.2) is 46.9 Å². The number of aryl methyl sites for hydroxylation is 1. The summed E-state index contributed by atoms with van der Waals surface area (Å²) in [6, 6.07) is 7.69. The number of carbonyl (C=O) groups is 4. The van der Waals surface area contributed by atoms with Gasteiger partial charge in [-0.2, -0.15) is 0 Å². The predicted molar refractivity (Wildman–Crippen MR) is 141 cm³/mol. The average molecular weight is 538 g/mol. The summed E-state index contributed by atoms with van der Waals surface area (Å²) in [4.78, 5) is 66.2. The number of carbonyl (C=O) groups excluding carboxylic acids is 4. The Labute approximate surface area is 224 Å². The van der Waals surface area contributed by atoms with Gasteiger partial charge in [-0.05, 0) is 31.2 Å². The highest BCUT2D eigenvalue weighted by Gasteiger charge is 2.50. The second kappa shape index (κ2) is 10.9. The van der Waals surface area contributed by atoms with E-state index in [-0.39, 0.29) is 55.0 Å². The monoisotopic (exact) mass is 537 g/mol. The minimum atomic E-state index is -0.753. The molecule has 11 nitrogen and oxygen atoms in total. The number of benzene rings is 1. The van der Waals surface area contributed by atoms with E-state index in [0.29, 0.717) is 37.2 Å². The van der Waals surface area contributed by atoms with Gasteiger partial charge in [0, 0.05) is 31.1 Å². The van der Waals surface area contributed by atoms with E-state index >= 15 is 0 Å². The summed E-state index contributed by atoms with van der Waals surface area (Å²) in [6.07, 6.45) is 3.86. The van der Waals surface area contributed by atoms with Crippen LogP contribution in [0.2, 0.25) is 0 Å². The van der Waals surface area contributed by atoms with Crippen molar-refractivity contribution in [2.24, 2.45) is 16.5 Å². The lowest BCUT2D eigenvalue weighted by molar-refractivity contribution is -0.153. The number of fused-ring (bicyclic) bond motifs is 1. The molecule has 2 aromatic rings. The summed E-state index contributed by atoms with van der Waals surface area (Å²) >= 11 is 1.22. The van der Waals surface area contributed by atoms with E-state index < -0.39 is 18.1 Å². The Morgan fingerprint density at radius 1 is 1.08 bits per heavy atom. The van der Waals surface area contributed by atoms with Crippen LogP contribution in [-0.2, 0) is 20.8 Å². The maximum atomic E-state index is 13.8. The van der Waals surface area contributed by atoms with Gasteiger partial charge in [0.15, 0.2) is 11.0 Å². The average Bonchev–Trinajstić information content (AvgIpc) is 3.67. The molecule has 0 spiro atoms. The number of nitrogens with two attached hydrogens (primary N) is 2. The molecular weight excluding hydrogens is 506 g/mol. The van der Waals surface area contributed by atoms with Crippen LogP contribution in [0.25, 0.3) is 0 Å². The number of likely N-dealkylation sites (tertiary alicyclic amines) is 1. The molecule has 0 saturated carbocycles. The maximum absolute atomic E-state index is 13.8. The van der Waals surface area contributed by atoms with Gasteiger partial charge in [-0.1, -0.05) is 30.3 Å². The van der Waals surface area contributed by atoms with E-state index in [1.807, 2.05) is 30.3 Å². The fourth-order valence-electron chi connectivity index (χ4n) is 5.78. The van der Waals surface area contributed by atoms with Gasteiger partial charge in [-0.3, -0.25) is 19.2 Å². The molecule has 3 saturated heterocycles. The Balaban J connectivity index is 1.27. The third kappa shape index (κ3) is 5.26. The maximum Gasteiger partial charge on any atom is 0.246 e. The number of ketones is 1. The molecule has 4 unspecified atom stereocenters. The molecule has 0 bridgehead atoms. The van der Waals surface area contributed by atoms with Crippen molar-refractivity contribution in [3.05, 3.63) is 52.5 Å². The molecule has 38 heavy (non-hydrogen) atoms. The highest BCUT2D eigenvalue weighted by Crippen LogP contribution is 2.33. The van der Waals surface area contributed by atoms with Crippen LogP contribution in [0.3, 0.4) is 0 Å². The second-order valence-corrected chi connectivity index (χ2v) is 10.9. The lowest BCUT2D eigenvalue weighted by atomic mass is 10.1. The van der Waals surface area contributed by atoms with Gasteiger partial charge in [0.05, 0.1) is 24.7 Å². The van der Waals surface area contributed by atoms with Crippen LogP contribution in [0.5, 0.6) is 0 Å². The highest BCUT2D eigenvalue weighted by molar-refractivity contribution is 7.11. The summed E-state index contributed by atoms with van der Waals surface area (Å²) in [5, 5.41) is 2.03. The van der Waals surface area contributed by atoms with Gasteiger partial charge in [0.2, 0.25) is 23.5 Å².